The van der Waals surface area contributed by atoms with Crippen molar-refractivity contribution in [3.63, 3.8) is 0 Å². The van der Waals surface area contributed by atoms with Crippen LogP contribution in [-0.4, -0.2) is 24.6 Å². The molecule has 0 aliphatic rings. The Balaban J connectivity index is 3.67. The molecule has 0 saturated heterocycles. The highest BCUT2D eigenvalue weighted by atomic mass is 32.2. The van der Waals surface area contributed by atoms with E-state index in [4.69, 9.17) is 10.3 Å². The van der Waals surface area contributed by atoms with Crippen molar-refractivity contribution in [1.29, 1.82) is 0 Å². The smallest absolute Gasteiger partial charge is 0.264 e. The Morgan fingerprint density at radius 3 is 2.43 bits per heavy atom. The van der Waals surface area contributed by atoms with Gasteiger partial charge in [0, 0.05) is 5.57 Å². The Morgan fingerprint density at radius 2 is 2.00 bits per heavy atom. The lowest BCUT2D eigenvalue weighted by Gasteiger charge is -1.96. The largest absolute Gasteiger partial charge is 0.366 e. The summed E-state index contributed by atoms with van der Waals surface area (Å²) in [5.74, 6) is -0.712. The zero-order valence-electron chi connectivity index (χ0n) is 8.06. The number of hydrogen-bond acceptors (Lipinski definition) is 3. The number of allylic oxidation sites excluding steroid dienone is 1. The quantitative estimate of drug-likeness (QED) is 0.387. The third-order valence-electron chi connectivity index (χ3n) is 1.70. The summed E-state index contributed by atoms with van der Waals surface area (Å²) >= 11 is 0. The lowest BCUT2D eigenvalue weighted by molar-refractivity contribution is -0.114. The van der Waals surface area contributed by atoms with Gasteiger partial charge < -0.3 is 5.73 Å². The van der Waals surface area contributed by atoms with Gasteiger partial charge in [-0.1, -0.05) is 6.08 Å². The number of hydrogen-bond donors (Lipinski definition) is 2. The van der Waals surface area contributed by atoms with E-state index in [0.29, 0.717) is 24.8 Å². The van der Waals surface area contributed by atoms with E-state index in [1.807, 2.05) is 0 Å². The monoisotopic (exact) mass is 221 g/mol. The van der Waals surface area contributed by atoms with Crippen LogP contribution in [0.25, 0.3) is 0 Å². The maximum Gasteiger partial charge on any atom is 0.264 e. The van der Waals surface area contributed by atoms with Crippen molar-refractivity contribution < 1.29 is 17.8 Å². The highest BCUT2D eigenvalue weighted by Crippen LogP contribution is 2.02. The molecule has 0 aromatic heterocycles. The highest BCUT2D eigenvalue weighted by Gasteiger charge is 2.02. The molecule has 0 aliphatic carbocycles. The highest BCUT2D eigenvalue weighted by molar-refractivity contribution is 7.85. The first-order valence-electron chi connectivity index (χ1n) is 4.24. The lowest BCUT2D eigenvalue weighted by Crippen LogP contribution is -2.11. The molecule has 0 saturated carbocycles. The van der Waals surface area contributed by atoms with Crippen molar-refractivity contribution >= 4 is 16.0 Å². The predicted octanol–water partition coefficient (Wildman–Crippen LogP) is 0.476. The summed E-state index contributed by atoms with van der Waals surface area (Å²) in [6.45, 7) is 1.60. The van der Waals surface area contributed by atoms with Gasteiger partial charge in [0.15, 0.2) is 0 Å². The van der Waals surface area contributed by atoms with Crippen molar-refractivity contribution in [3.05, 3.63) is 11.6 Å². The van der Waals surface area contributed by atoms with Crippen LogP contribution < -0.4 is 5.73 Å². The molecule has 0 radical (unpaired) electrons. The summed E-state index contributed by atoms with van der Waals surface area (Å²) in [5, 5.41) is 0. The second-order valence-corrected chi connectivity index (χ2v) is 4.61. The minimum atomic E-state index is -3.85. The molecule has 82 valence electrons. The van der Waals surface area contributed by atoms with Gasteiger partial charge in [0.25, 0.3) is 10.1 Å². The van der Waals surface area contributed by atoms with Gasteiger partial charge in [-0.15, -0.1) is 0 Å². The molecule has 0 heterocycles. The van der Waals surface area contributed by atoms with Crippen LogP contribution in [0.4, 0.5) is 0 Å². The first-order valence-corrected chi connectivity index (χ1v) is 5.85. The molecule has 0 atom stereocenters. The van der Waals surface area contributed by atoms with Gasteiger partial charge in [-0.3, -0.25) is 9.35 Å². The first kappa shape index (κ1) is 13.1. The van der Waals surface area contributed by atoms with Crippen LogP contribution in [0.2, 0.25) is 0 Å². The van der Waals surface area contributed by atoms with Gasteiger partial charge in [-0.2, -0.15) is 8.42 Å². The lowest BCUT2D eigenvalue weighted by atomic mass is 10.2. The number of carbonyl (C=O) groups is 1. The first-order chi connectivity index (χ1) is 6.33. The molecule has 0 bridgehead atoms. The molecule has 0 aromatic carbocycles. The Hall–Kier alpha value is -0.880. The van der Waals surface area contributed by atoms with E-state index in [1.54, 1.807) is 13.0 Å². The predicted molar refractivity (Wildman–Crippen MR) is 53.2 cm³/mol. The van der Waals surface area contributed by atoms with Crippen LogP contribution in [0.5, 0.6) is 0 Å². The molecular formula is C8H15NO4S. The summed E-state index contributed by atoms with van der Waals surface area (Å²) in [5.41, 5.74) is 5.45. The van der Waals surface area contributed by atoms with E-state index >= 15 is 0 Å². The Morgan fingerprint density at radius 1 is 1.43 bits per heavy atom. The molecule has 0 unspecified atom stereocenters. The van der Waals surface area contributed by atoms with Gasteiger partial charge in [0.2, 0.25) is 5.91 Å². The Kier molecular flexibility index (Phi) is 5.40. The summed E-state index contributed by atoms with van der Waals surface area (Å²) < 4.78 is 29.0. The number of nitrogens with two attached hydrogens (primary N) is 1. The minimum Gasteiger partial charge on any atom is -0.366 e. The van der Waals surface area contributed by atoms with Crippen molar-refractivity contribution in [3.8, 4) is 0 Å². The fourth-order valence-electron chi connectivity index (χ4n) is 0.848. The van der Waals surface area contributed by atoms with Crippen LogP contribution in [0.1, 0.15) is 26.2 Å². The number of amides is 1. The number of primary amides is 1. The van der Waals surface area contributed by atoms with Gasteiger partial charge in [-0.05, 0) is 26.2 Å². The van der Waals surface area contributed by atoms with Crippen LogP contribution in [0, 0.1) is 0 Å². The van der Waals surface area contributed by atoms with Crippen LogP contribution in [0.3, 0.4) is 0 Å². The second kappa shape index (κ2) is 5.77. The van der Waals surface area contributed by atoms with E-state index in [2.05, 4.69) is 0 Å². The molecule has 0 fully saturated rings. The summed E-state index contributed by atoms with van der Waals surface area (Å²) in [7, 11) is -3.85. The third-order valence-corrected chi connectivity index (χ3v) is 2.50. The van der Waals surface area contributed by atoms with Crippen LogP contribution in [0.15, 0.2) is 11.6 Å². The van der Waals surface area contributed by atoms with Gasteiger partial charge >= 0.3 is 0 Å². The standard InChI is InChI=1S/C8H15NO4S/c1-7(8(9)10)5-3-2-4-6-14(11,12)13/h5H,2-4,6H2,1H3,(H2,9,10)(H,11,12,13). The Labute approximate surface area is 83.7 Å². The Bertz CT molecular complexity index is 318. The topological polar surface area (TPSA) is 97.5 Å². The minimum absolute atomic E-state index is 0.240. The summed E-state index contributed by atoms with van der Waals surface area (Å²) in [6.07, 6.45) is 3.22. The molecule has 0 rings (SSSR count). The van der Waals surface area contributed by atoms with E-state index in [-0.39, 0.29) is 5.75 Å². The average molecular weight is 221 g/mol. The molecule has 14 heavy (non-hydrogen) atoms. The van der Waals surface area contributed by atoms with E-state index < -0.39 is 16.0 Å². The number of carbonyl (C=O) groups excluding carboxylic acids is 1. The normalized spacial score (nSPS) is 12.9. The maximum atomic E-state index is 10.5. The summed E-state index contributed by atoms with van der Waals surface area (Å²) in [4.78, 5) is 10.5. The molecule has 0 aromatic rings. The van der Waals surface area contributed by atoms with Gasteiger partial charge in [0.1, 0.15) is 0 Å². The molecule has 1 amide bonds. The fraction of sp³-hybridized carbons (Fsp3) is 0.625. The number of rotatable bonds is 6. The zero-order chi connectivity index (χ0) is 11.2. The molecule has 0 spiro atoms. The molecule has 0 aliphatic heterocycles. The average Bonchev–Trinajstić information content (AvgIpc) is 2.01. The summed E-state index contributed by atoms with van der Waals surface area (Å²) in [6, 6.07) is 0. The van der Waals surface area contributed by atoms with Gasteiger partial charge in [0.05, 0.1) is 5.75 Å². The van der Waals surface area contributed by atoms with Crippen molar-refractivity contribution in [2.24, 2.45) is 5.73 Å². The molecule has 5 nitrogen and oxygen atoms in total. The molecule has 3 N–H and O–H groups in total. The van der Waals surface area contributed by atoms with Crippen molar-refractivity contribution in [1.82, 2.24) is 0 Å². The SMILES string of the molecule is CC(=CCCCCS(=O)(=O)O)C(N)=O. The van der Waals surface area contributed by atoms with Crippen LogP contribution in [-0.2, 0) is 14.9 Å². The van der Waals surface area contributed by atoms with E-state index in [9.17, 15) is 13.2 Å². The van der Waals surface area contributed by atoms with Gasteiger partial charge in [-0.25, -0.2) is 0 Å². The van der Waals surface area contributed by atoms with Crippen LogP contribution >= 0.6 is 0 Å². The molecule has 6 heteroatoms. The second-order valence-electron chi connectivity index (χ2n) is 3.03. The fourth-order valence-corrected chi connectivity index (χ4v) is 1.42. The van der Waals surface area contributed by atoms with Crippen molar-refractivity contribution in [2.75, 3.05) is 5.75 Å². The van der Waals surface area contributed by atoms with E-state index in [1.165, 1.54) is 0 Å². The maximum absolute atomic E-state index is 10.5. The van der Waals surface area contributed by atoms with E-state index in [0.717, 1.165) is 0 Å². The molecular weight excluding hydrogens is 206 g/mol. The number of unbranched alkanes of at least 4 members (excludes halogenated alkanes) is 2. The van der Waals surface area contributed by atoms with Crippen molar-refractivity contribution in [2.45, 2.75) is 26.2 Å². The zero-order valence-corrected chi connectivity index (χ0v) is 8.88. The third kappa shape index (κ3) is 7.75.